The highest BCUT2D eigenvalue weighted by atomic mass is 32.1. The lowest BCUT2D eigenvalue weighted by atomic mass is 9.86. The molecule has 0 radical (unpaired) electrons. The quantitative estimate of drug-likeness (QED) is 0.796. The Labute approximate surface area is 82.9 Å². The summed E-state index contributed by atoms with van der Waals surface area (Å²) < 4.78 is 5.01. The van der Waals surface area contributed by atoms with Crippen LogP contribution in [-0.4, -0.2) is 12.1 Å². The van der Waals surface area contributed by atoms with Crippen LogP contribution in [0.15, 0.2) is 5.38 Å². The van der Waals surface area contributed by atoms with Crippen molar-refractivity contribution in [2.45, 2.75) is 26.8 Å². The first-order valence-electron chi connectivity index (χ1n) is 4.20. The molecule has 0 aliphatic carbocycles. The van der Waals surface area contributed by atoms with Crippen molar-refractivity contribution in [3.8, 4) is 5.19 Å². The van der Waals surface area contributed by atoms with E-state index >= 15 is 0 Å². The van der Waals surface area contributed by atoms with Gasteiger partial charge in [0.25, 0.3) is 5.19 Å². The molecule has 13 heavy (non-hydrogen) atoms. The SMILES string of the molecule is COc1nc(C(N)C(C)(C)C)cs1. The lowest BCUT2D eigenvalue weighted by molar-refractivity contribution is 0.319. The van der Waals surface area contributed by atoms with Crippen LogP contribution in [0.1, 0.15) is 32.5 Å². The summed E-state index contributed by atoms with van der Waals surface area (Å²) in [6.07, 6.45) is 0. The van der Waals surface area contributed by atoms with Gasteiger partial charge in [-0.3, -0.25) is 0 Å². The van der Waals surface area contributed by atoms with Gasteiger partial charge in [-0.25, -0.2) is 4.98 Å². The van der Waals surface area contributed by atoms with E-state index in [4.69, 9.17) is 10.5 Å². The molecule has 1 aromatic heterocycles. The van der Waals surface area contributed by atoms with Crippen LogP contribution in [0.4, 0.5) is 0 Å². The fourth-order valence-corrected chi connectivity index (χ4v) is 1.62. The van der Waals surface area contributed by atoms with Gasteiger partial charge in [-0.15, -0.1) is 0 Å². The van der Waals surface area contributed by atoms with Gasteiger partial charge in [-0.2, -0.15) is 0 Å². The monoisotopic (exact) mass is 200 g/mol. The van der Waals surface area contributed by atoms with E-state index in [-0.39, 0.29) is 11.5 Å². The number of nitrogens with zero attached hydrogens (tertiary/aromatic N) is 1. The first-order chi connectivity index (χ1) is 5.95. The molecule has 0 amide bonds. The number of aromatic nitrogens is 1. The van der Waals surface area contributed by atoms with Crippen molar-refractivity contribution in [1.82, 2.24) is 4.98 Å². The summed E-state index contributed by atoms with van der Waals surface area (Å²) in [5.74, 6) is 0. The van der Waals surface area contributed by atoms with Crippen LogP contribution in [0.2, 0.25) is 0 Å². The highest BCUT2D eigenvalue weighted by Gasteiger charge is 2.24. The van der Waals surface area contributed by atoms with Gasteiger partial charge in [-0.05, 0) is 5.41 Å². The summed E-state index contributed by atoms with van der Waals surface area (Å²) in [4.78, 5) is 4.27. The third-order valence-electron chi connectivity index (χ3n) is 1.93. The minimum Gasteiger partial charge on any atom is -0.473 e. The number of hydrogen-bond donors (Lipinski definition) is 1. The maximum atomic E-state index is 6.03. The fourth-order valence-electron chi connectivity index (χ4n) is 0.949. The third kappa shape index (κ3) is 2.42. The van der Waals surface area contributed by atoms with E-state index in [1.807, 2.05) is 5.38 Å². The molecular formula is C9H16N2OS. The molecule has 74 valence electrons. The lowest BCUT2D eigenvalue weighted by Gasteiger charge is -2.25. The molecule has 0 fully saturated rings. The van der Waals surface area contributed by atoms with Crippen molar-refractivity contribution >= 4 is 11.3 Å². The molecule has 0 aromatic carbocycles. The summed E-state index contributed by atoms with van der Waals surface area (Å²) in [7, 11) is 1.62. The van der Waals surface area contributed by atoms with Crippen molar-refractivity contribution in [1.29, 1.82) is 0 Å². The van der Waals surface area contributed by atoms with Gasteiger partial charge in [0, 0.05) is 5.38 Å². The maximum Gasteiger partial charge on any atom is 0.273 e. The van der Waals surface area contributed by atoms with Gasteiger partial charge in [0.15, 0.2) is 0 Å². The number of thiazole rings is 1. The van der Waals surface area contributed by atoms with E-state index in [1.54, 1.807) is 7.11 Å². The molecule has 1 heterocycles. The van der Waals surface area contributed by atoms with Gasteiger partial charge in [0.1, 0.15) is 0 Å². The molecule has 1 atom stereocenters. The van der Waals surface area contributed by atoms with Gasteiger partial charge in [-0.1, -0.05) is 32.1 Å². The Morgan fingerprint density at radius 3 is 2.54 bits per heavy atom. The molecule has 1 unspecified atom stereocenters. The van der Waals surface area contributed by atoms with Crippen molar-refractivity contribution in [2.75, 3.05) is 7.11 Å². The zero-order valence-corrected chi connectivity index (χ0v) is 9.31. The van der Waals surface area contributed by atoms with Crippen LogP contribution in [0.5, 0.6) is 5.19 Å². The molecule has 0 saturated heterocycles. The van der Waals surface area contributed by atoms with E-state index in [0.29, 0.717) is 5.19 Å². The molecule has 2 N–H and O–H groups in total. The first-order valence-corrected chi connectivity index (χ1v) is 5.08. The zero-order chi connectivity index (χ0) is 10.1. The minimum atomic E-state index is -0.0346. The Bertz CT molecular complexity index is 277. The predicted molar refractivity (Wildman–Crippen MR) is 55.0 cm³/mol. The molecule has 1 aromatic rings. The van der Waals surface area contributed by atoms with Gasteiger partial charge < -0.3 is 10.5 Å². The Morgan fingerprint density at radius 1 is 1.54 bits per heavy atom. The third-order valence-corrected chi connectivity index (χ3v) is 2.75. The second-order valence-electron chi connectivity index (χ2n) is 4.09. The van der Waals surface area contributed by atoms with Crippen molar-refractivity contribution < 1.29 is 4.74 Å². The average molecular weight is 200 g/mol. The normalized spacial score (nSPS) is 14.2. The molecular weight excluding hydrogens is 184 g/mol. The summed E-state index contributed by atoms with van der Waals surface area (Å²) in [5, 5.41) is 2.63. The van der Waals surface area contributed by atoms with E-state index in [9.17, 15) is 0 Å². The zero-order valence-electron chi connectivity index (χ0n) is 8.50. The smallest absolute Gasteiger partial charge is 0.273 e. The standard InChI is InChI=1S/C9H16N2OS/c1-9(2,3)7(10)6-5-13-8(11-6)12-4/h5,7H,10H2,1-4H3. The van der Waals surface area contributed by atoms with Crippen LogP contribution in [0.25, 0.3) is 0 Å². The number of ether oxygens (including phenoxy) is 1. The molecule has 4 heteroatoms. The Balaban J connectivity index is 2.83. The molecule has 0 aliphatic rings. The summed E-state index contributed by atoms with van der Waals surface area (Å²) in [6, 6.07) is -0.0346. The van der Waals surface area contributed by atoms with E-state index in [0.717, 1.165) is 5.69 Å². The van der Waals surface area contributed by atoms with Crippen molar-refractivity contribution in [3.63, 3.8) is 0 Å². The second-order valence-corrected chi connectivity index (χ2v) is 4.91. The maximum absolute atomic E-state index is 6.03. The molecule has 0 bridgehead atoms. The molecule has 0 spiro atoms. The molecule has 3 nitrogen and oxygen atoms in total. The minimum absolute atomic E-state index is 0.0346. The largest absolute Gasteiger partial charge is 0.473 e. The van der Waals surface area contributed by atoms with E-state index in [2.05, 4.69) is 25.8 Å². The highest BCUT2D eigenvalue weighted by Crippen LogP contribution is 2.32. The summed E-state index contributed by atoms with van der Waals surface area (Å²) in [5.41, 5.74) is 6.98. The Morgan fingerprint density at radius 2 is 2.15 bits per heavy atom. The Hall–Kier alpha value is -0.610. The number of hydrogen-bond acceptors (Lipinski definition) is 4. The lowest BCUT2D eigenvalue weighted by Crippen LogP contribution is -2.26. The van der Waals surface area contributed by atoms with Crippen LogP contribution >= 0.6 is 11.3 Å². The van der Waals surface area contributed by atoms with E-state index in [1.165, 1.54) is 11.3 Å². The van der Waals surface area contributed by atoms with Crippen LogP contribution in [-0.2, 0) is 0 Å². The number of rotatable bonds is 2. The van der Waals surface area contributed by atoms with E-state index < -0.39 is 0 Å². The van der Waals surface area contributed by atoms with Crippen LogP contribution in [0, 0.1) is 5.41 Å². The van der Waals surface area contributed by atoms with Gasteiger partial charge in [0.05, 0.1) is 18.8 Å². The predicted octanol–water partition coefficient (Wildman–Crippen LogP) is 2.20. The van der Waals surface area contributed by atoms with Crippen LogP contribution in [0.3, 0.4) is 0 Å². The Kier molecular flexibility index (Phi) is 2.93. The summed E-state index contributed by atoms with van der Waals surface area (Å²) in [6.45, 7) is 6.30. The molecule has 1 rings (SSSR count). The molecule has 0 saturated carbocycles. The average Bonchev–Trinajstić information content (AvgIpc) is 2.48. The number of nitrogens with two attached hydrogens (primary N) is 1. The van der Waals surface area contributed by atoms with Crippen LogP contribution < -0.4 is 10.5 Å². The first kappa shape index (κ1) is 10.5. The van der Waals surface area contributed by atoms with Gasteiger partial charge >= 0.3 is 0 Å². The van der Waals surface area contributed by atoms with Crippen molar-refractivity contribution in [2.24, 2.45) is 11.1 Å². The highest BCUT2D eigenvalue weighted by molar-refractivity contribution is 7.11. The summed E-state index contributed by atoms with van der Waals surface area (Å²) >= 11 is 1.48. The fraction of sp³-hybridized carbons (Fsp3) is 0.667. The topological polar surface area (TPSA) is 48.1 Å². The van der Waals surface area contributed by atoms with Gasteiger partial charge in [0.2, 0.25) is 0 Å². The van der Waals surface area contributed by atoms with Crippen molar-refractivity contribution in [3.05, 3.63) is 11.1 Å². The molecule has 0 aliphatic heterocycles. The number of methoxy groups -OCH3 is 1. The second kappa shape index (κ2) is 3.64.